The third-order valence-electron chi connectivity index (χ3n) is 7.62. The molecule has 0 radical (unpaired) electrons. The van der Waals surface area contributed by atoms with Gasteiger partial charge in [0.2, 0.25) is 11.3 Å². The Kier molecular flexibility index (Phi) is 11.0. The number of aromatic nitrogens is 3. The highest BCUT2D eigenvalue weighted by Crippen LogP contribution is 2.37. The molecule has 248 valence electrons. The van der Waals surface area contributed by atoms with Crippen molar-refractivity contribution in [2.75, 3.05) is 19.0 Å². The van der Waals surface area contributed by atoms with Crippen molar-refractivity contribution in [1.29, 1.82) is 0 Å². The number of amides is 2. The van der Waals surface area contributed by atoms with Crippen LogP contribution in [-0.2, 0) is 4.79 Å². The SMILES string of the molecule is COc1cc2c(Oc3ccc(NC(=O)c4nn(-c5ccc(C)cc5)cc(C)c4=O)cc3)ccnc2cc1OCCCCCCC(=O)NO. The Morgan fingerprint density at radius 3 is 2.38 bits per heavy atom. The fourth-order valence-electron chi connectivity index (χ4n) is 4.98. The maximum atomic E-state index is 13.1. The van der Waals surface area contributed by atoms with E-state index >= 15 is 0 Å². The number of hydrogen-bond acceptors (Lipinski definition) is 9. The largest absolute Gasteiger partial charge is 0.493 e. The molecule has 12 heteroatoms. The number of nitrogens with zero attached hydrogens (tertiary/aromatic N) is 3. The van der Waals surface area contributed by atoms with Gasteiger partial charge >= 0.3 is 0 Å². The van der Waals surface area contributed by atoms with Gasteiger partial charge in [-0.15, -0.1) is 0 Å². The highest BCUT2D eigenvalue weighted by molar-refractivity contribution is 6.02. The number of aryl methyl sites for hydroxylation is 2. The number of pyridine rings is 1. The van der Waals surface area contributed by atoms with E-state index in [9.17, 15) is 14.4 Å². The van der Waals surface area contributed by atoms with Crippen LogP contribution in [-0.4, -0.2) is 45.5 Å². The molecule has 3 N–H and O–H groups in total. The number of methoxy groups -OCH3 is 1. The molecule has 0 atom stereocenters. The third kappa shape index (κ3) is 8.34. The molecule has 48 heavy (non-hydrogen) atoms. The van der Waals surface area contributed by atoms with Gasteiger partial charge < -0.3 is 19.5 Å². The summed E-state index contributed by atoms with van der Waals surface area (Å²) >= 11 is 0. The number of hydroxylamine groups is 1. The number of carbonyl (C=O) groups is 2. The van der Waals surface area contributed by atoms with E-state index < -0.39 is 11.3 Å². The summed E-state index contributed by atoms with van der Waals surface area (Å²) in [6.45, 7) is 4.10. The molecule has 5 aromatic rings. The Labute approximate surface area is 277 Å². The lowest BCUT2D eigenvalue weighted by molar-refractivity contribution is -0.129. The smallest absolute Gasteiger partial charge is 0.280 e. The number of anilines is 1. The maximum Gasteiger partial charge on any atom is 0.280 e. The molecular weight excluding hydrogens is 614 g/mol. The average Bonchev–Trinajstić information content (AvgIpc) is 3.09. The Hall–Kier alpha value is -5.75. The first-order valence-corrected chi connectivity index (χ1v) is 15.5. The Morgan fingerprint density at radius 2 is 1.65 bits per heavy atom. The molecule has 0 aliphatic carbocycles. The van der Waals surface area contributed by atoms with Crippen LogP contribution < -0.4 is 30.4 Å². The second-order valence-corrected chi connectivity index (χ2v) is 11.2. The molecular formula is C36H37N5O7. The number of rotatable bonds is 14. The van der Waals surface area contributed by atoms with Crippen LogP contribution in [0.3, 0.4) is 0 Å². The standard InChI is InChI=1S/C36H37N5O7/c1-23-9-13-26(14-10-23)41-22-24(2)35(43)34(39-41)36(44)38-25-11-15-27(16-12-25)48-30-17-18-37-29-21-32(31(46-3)20-28(29)30)47-19-7-5-4-6-8-33(42)40-45/h9-18,20-22,45H,4-8,19H2,1-3H3,(H,38,44)(H,40,42). The van der Waals surface area contributed by atoms with E-state index in [1.165, 1.54) is 4.68 Å². The van der Waals surface area contributed by atoms with Crippen molar-refractivity contribution in [2.24, 2.45) is 0 Å². The summed E-state index contributed by atoms with van der Waals surface area (Å²) in [4.78, 5) is 41.5. The van der Waals surface area contributed by atoms with Crippen LogP contribution in [0.4, 0.5) is 5.69 Å². The summed E-state index contributed by atoms with van der Waals surface area (Å²) < 4.78 is 19.3. The lowest BCUT2D eigenvalue weighted by Crippen LogP contribution is -2.27. The van der Waals surface area contributed by atoms with Crippen molar-refractivity contribution in [1.82, 2.24) is 20.2 Å². The Balaban J connectivity index is 1.23. The maximum absolute atomic E-state index is 13.1. The zero-order valence-electron chi connectivity index (χ0n) is 27.0. The topological polar surface area (TPSA) is 154 Å². The monoisotopic (exact) mass is 651 g/mol. The molecule has 2 amide bonds. The molecule has 12 nitrogen and oxygen atoms in total. The minimum absolute atomic E-state index is 0.207. The molecule has 0 bridgehead atoms. The summed E-state index contributed by atoms with van der Waals surface area (Å²) in [5, 5.41) is 16.4. The van der Waals surface area contributed by atoms with Gasteiger partial charge in [0.15, 0.2) is 17.2 Å². The summed E-state index contributed by atoms with van der Waals surface area (Å²) in [7, 11) is 1.56. The molecule has 0 unspecified atom stereocenters. The van der Waals surface area contributed by atoms with E-state index in [-0.39, 0.29) is 18.0 Å². The van der Waals surface area contributed by atoms with Crippen molar-refractivity contribution in [3.05, 3.63) is 106 Å². The van der Waals surface area contributed by atoms with Gasteiger partial charge in [-0.3, -0.25) is 24.6 Å². The molecule has 5 rings (SSSR count). The molecule has 3 aromatic carbocycles. The second kappa shape index (κ2) is 15.7. The van der Waals surface area contributed by atoms with E-state index in [0.717, 1.165) is 35.9 Å². The van der Waals surface area contributed by atoms with Crippen LogP contribution in [0.5, 0.6) is 23.0 Å². The van der Waals surface area contributed by atoms with Crippen LogP contribution in [0.15, 0.2) is 83.9 Å². The zero-order valence-corrected chi connectivity index (χ0v) is 27.0. The molecule has 0 aliphatic heterocycles. The summed E-state index contributed by atoms with van der Waals surface area (Å²) in [5.74, 6) is 1.16. The number of hydrogen-bond donors (Lipinski definition) is 3. The van der Waals surface area contributed by atoms with Crippen molar-refractivity contribution < 1.29 is 29.0 Å². The highest BCUT2D eigenvalue weighted by Gasteiger charge is 2.17. The predicted octanol–water partition coefficient (Wildman–Crippen LogP) is 6.29. The van der Waals surface area contributed by atoms with Crippen LogP contribution in [0.25, 0.3) is 16.6 Å². The summed E-state index contributed by atoms with van der Waals surface area (Å²) in [6, 6.07) is 19.8. The van der Waals surface area contributed by atoms with Crippen LogP contribution in [0.1, 0.15) is 53.7 Å². The predicted molar refractivity (Wildman–Crippen MR) is 181 cm³/mol. The quantitative estimate of drug-likeness (QED) is 0.0715. The van der Waals surface area contributed by atoms with Gasteiger partial charge in [-0.1, -0.05) is 30.5 Å². The molecule has 0 saturated heterocycles. The Bertz CT molecular complexity index is 1960. The van der Waals surface area contributed by atoms with Gasteiger partial charge in [-0.25, -0.2) is 10.2 Å². The number of benzene rings is 3. The molecule has 0 aliphatic rings. The van der Waals surface area contributed by atoms with Gasteiger partial charge in [0.25, 0.3) is 5.91 Å². The van der Waals surface area contributed by atoms with E-state index in [2.05, 4.69) is 15.4 Å². The number of nitrogens with one attached hydrogen (secondary N) is 2. The first kappa shape index (κ1) is 33.6. The van der Waals surface area contributed by atoms with Gasteiger partial charge in [0.05, 0.1) is 24.9 Å². The molecule has 0 fully saturated rings. The normalized spacial score (nSPS) is 10.8. The molecule has 0 spiro atoms. The van der Waals surface area contributed by atoms with Crippen LogP contribution in [0.2, 0.25) is 0 Å². The van der Waals surface area contributed by atoms with Crippen molar-refractivity contribution >= 4 is 28.4 Å². The number of carbonyl (C=O) groups excluding carboxylic acids is 2. The number of fused-ring (bicyclic) bond motifs is 1. The minimum Gasteiger partial charge on any atom is -0.493 e. The van der Waals surface area contributed by atoms with Gasteiger partial charge in [0, 0.05) is 41.5 Å². The van der Waals surface area contributed by atoms with Gasteiger partial charge in [-0.2, -0.15) is 5.10 Å². The van der Waals surface area contributed by atoms with E-state index in [0.29, 0.717) is 52.8 Å². The number of ether oxygens (including phenoxy) is 3. The fraction of sp³-hybridized carbons (Fsp3) is 0.250. The van der Waals surface area contributed by atoms with Crippen LogP contribution >= 0.6 is 0 Å². The lowest BCUT2D eigenvalue weighted by atomic mass is 10.1. The van der Waals surface area contributed by atoms with E-state index in [4.69, 9.17) is 19.4 Å². The first-order chi connectivity index (χ1) is 23.2. The van der Waals surface area contributed by atoms with E-state index in [1.807, 2.05) is 37.3 Å². The first-order valence-electron chi connectivity index (χ1n) is 15.5. The minimum atomic E-state index is -0.615. The molecule has 2 heterocycles. The lowest BCUT2D eigenvalue weighted by Gasteiger charge is -2.14. The average molecular weight is 652 g/mol. The highest BCUT2D eigenvalue weighted by atomic mass is 16.5. The Morgan fingerprint density at radius 1 is 0.896 bits per heavy atom. The summed E-state index contributed by atoms with van der Waals surface area (Å²) in [6.07, 6.45) is 6.75. The summed E-state index contributed by atoms with van der Waals surface area (Å²) in [5.41, 5.74) is 4.34. The van der Waals surface area contributed by atoms with Crippen molar-refractivity contribution in [3.8, 4) is 28.7 Å². The van der Waals surface area contributed by atoms with Gasteiger partial charge in [-0.05, 0) is 75.2 Å². The van der Waals surface area contributed by atoms with Crippen molar-refractivity contribution in [3.63, 3.8) is 0 Å². The van der Waals surface area contributed by atoms with Crippen molar-refractivity contribution in [2.45, 2.75) is 46.0 Å². The fourth-order valence-corrected chi connectivity index (χ4v) is 4.98. The third-order valence-corrected chi connectivity index (χ3v) is 7.62. The number of unbranched alkanes of at least 4 members (excludes halogenated alkanes) is 3. The van der Waals surface area contributed by atoms with E-state index in [1.54, 1.807) is 68.3 Å². The molecule has 0 saturated carbocycles. The van der Waals surface area contributed by atoms with Crippen LogP contribution in [0, 0.1) is 13.8 Å². The molecule has 2 aromatic heterocycles. The second-order valence-electron chi connectivity index (χ2n) is 11.2. The zero-order chi connectivity index (χ0) is 34.0. The van der Waals surface area contributed by atoms with Gasteiger partial charge in [0.1, 0.15) is 11.5 Å².